The molecule has 0 fully saturated rings. The van der Waals surface area contributed by atoms with Gasteiger partial charge < -0.3 is 9.47 Å². The van der Waals surface area contributed by atoms with Gasteiger partial charge in [-0.05, 0) is 45.1 Å². The standard InChI is InChI=1S/C15H21NO4S/c1-3-19-14(17)12-10-8-6-5-7-9-11(10)21-13(12)16-15(18)20-4-2/h3-9H2,1-2H3,(H,16,18). The summed E-state index contributed by atoms with van der Waals surface area (Å²) in [6.07, 6.45) is 4.65. The third-order valence-electron chi connectivity index (χ3n) is 3.39. The van der Waals surface area contributed by atoms with Crippen LogP contribution in [0.2, 0.25) is 0 Å². The zero-order valence-corrected chi connectivity index (χ0v) is 13.3. The molecule has 0 radical (unpaired) electrons. The van der Waals surface area contributed by atoms with E-state index in [1.54, 1.807) is 13.8 Å². The maximum Gasteiger partial charge on any atom is 0.412 e. The lowest BCUT2D eigenvalue weighted by atomic mass is 10.1. The van der Waals surface area contributed by atoms with Crippen LogP contribution in [0.1, 0.15) is 53.9 Å². The number of esters is 1. The molecule has 0 unspecified atom stereocenters. The van der Waals surface area contributed by atoms with E-state index in [2.05, 4.69) is 5.32 Å². The van der Waals surface area contributed by atoms with Crippen molar-refractivity contribution >= 4 is 28.4 Å². The predicted molar refractivity (Wildman–Crippen MR) is 82.2 cm³/mol. The number of aryl methyl sites for hydroxylation is 1. The van der Waals surface area contributed by atoms with E-state index in [1.165, 1.54) is 22.6 Å². The highest BCUT2D eigenvalue weighted by Crippen LogP contribution is 2.38. The molecule has 5 nitrogen and oxygen atoms in total. The molecule has 1 aromatic rings. The number of ether oxygens (including phenoxy) is 2. The van der Waals surface area contributed by atoms with Crippen molar-refractivity contribution in [2.24, 2.45) is 0 Å². The molecule has 1 aromatic heterocycles. The smallest absolute Gasteiger partial charge is 0.412 e. The maximum atomic E-state index is 12.2. The van der Waals surface area contributed by atoms with Crippen LogP contribution in [0.5, 0.6) is 0 Å². The average molecular weight is 311 g/mol. The zero-order chi connectivity index (χ0) is 15.2. The molecule has 1 N–H and O–H groups in total. The number of anilines is 1. The highest BCUT2D eigenvalue weighted by molar-refractivity contribution is 7.17. The van der Waals surface area contributed by atoms with Gasteiger partial charge in [0.15, 0.2) is 0 Å². The van der Waals surface area contributed by atoms with Gasteiger partial charge in [-0.15, -0.1) is 11.3 Å². The van der Waals surface area contributed by atoms with Crippen molar-refractivity contribution in [2.75, 3.05) is 18.5 Å². The molecule has 6 heteroatoms. The molecule has 1 heterocycles. The number of fused-ring (bicyclic) bond motifs is 1. The number of amides is 1. The third-order valence-corrected chi connectivity index (χ3v) is 4.60. The lowest BCUT2D eigenvalue weighted by Gasteiger charge is -2.08. The topological polar surface area (TPSA) is 64.6 Å². The maximum absolute atomic E-state index is 12.2. The minimum absolute atomic E-state index is 0.297. The highest BCUT2D eigenvalue weighted by Gasteiger charge is 2.26. The molecule has 0 saturated carbocycles. The van der Waals surface area contributed by atoms with Crippen LogP contribution < -0.4 is 5.32 Å². The summed E-state index contributed by atoms with van der Waals surface area (Å²) < 4.78 is 10.1. The fraction of sp³-hybridized carbons (Fsp3) is 0.600. The second-order valence-electron chi connectivity index (χ2n) is 4.83. The normalized spacial score (nSPS) is 14.0. The molecule has 1 amide bonds. The molecule has 0 atom stereocenters. The quantitative estimate of drug-likeness (QED) is 0.679. The van der Waals surface area contributed by atoms with E-state index >= 15 is 0 Å². The average Bonchev–Trinajstić information content (AvgIpc) is 2.61. The first kappa shape index (κ1) is 15.8. The zero-order valence-electron chi connectivity index (χ0n) is 12.5. The summed E-state index contributed by atoms with van der Waals surface area (Å²) >= 11 is 1.47. The summed E-state index contributed by atoms with van der Waals surface area (Å²) in [4.78, 5) is 25.1. The van der Waals surface area contributed by atoms with Gasteiger partial charge in [-0.1, -0.05) is 6.42 Å². The molecule has 0 aliphatic heterocycles. The molecule has 1 aliphatic carbocycles. The van der Waals surface area contributed by atoms with E-state index < -0.39 is 6.09 Å². The Morgan fingerprint density at radius 2 is 1.81 bits per heavy atom. The van der Waals surface area contributed by atoms with Crippen molar-refractivity contribution in [3.8, 4) is 0 Å². The molecule has 2 rings (SSSR count). The Morgan fingerprint density at radius 3 is 2.52 bits per heavy atom. The Kier molecular flexibility index (Phi) is 5.61. The van der Waals surface area contributed by atoms with Gasteiger partial charge in [0.25, 0.3) is 0 Å². The molecular weight excluding hydrogens is 290 g/mol. The van der Waals surface area contributed by atoms with E-state index in [9.17, 15) is 9.59 Å². The van der Waals surface area contributed by atoms with E-state index in [4.69, 9.17) is 9.47 Å². The van der Waals surface area contributed by atoms with Crippen LogP contribution in [0.3, 0.4) is 0 Å². The minimum Gasteiger partial charge on any atom is -0.462 e. The van der Waals surface area contributed by atoms with Crippen LogP contribution in [-0.4, -0.2) is 25.3 Å². The Hall–Kier alpha value is -1.56. The second kappa shape index (κ2) is 7.45. The molecule has 116 valence electrons. The van der Waals surface area contributed by atoms with Crippen LogP contribution in [0.15, 0.2) is 0 Å². The van der Waals surface area contributed by atoms with Gasteiger partial charge >= 0.3 is 12.1 Å². The number of rotatable bonds is 4. The van der Waals surface area contributed by atoms with E-state index in [0.29, 0.717) is 23.8 Å². The molecular formula is C15H21NO4S. The SMILES string of the molecule is CCOC(=O)Nc1sc2c(c1C(=O)OCC)CCCCC2. The summed E-state index contributed by atoms with van der Waals surface area (Å²) in [5.41, 5.74) is 1.56. The van der Waals surface area contributed by atoms with Gasteiger partial charge in [0.1, 0.15) is 5.00 Å². The van der Waals surface area contributed by atoms with Crippen LogP contribution in [-0.2, 0) is 22.3 Å². The Morgan fingerprint density at radius 1 is 1.10 bits per heavy atom. The van der Waals surface area contributed by atoms with Gasteiger partial charge in [-0.3, -0.25) is 5.32 Å². The van der Waals surface area contributed by atoms with Crippen LogP contribution >= 0.6 is 11.3 Å². The monoisotopic (exact) mass is 311 g/mol. The molecule has 1 aliphatic rings. The molecule has 0 bridgehead atoms. The highest BCUT2D eigenvalue weighted by atomic mass is 32.1. The van der Waals surface area contributed by atoms with Crippen LogP contribution in [0.25, 0.3) is 0 Å². The van der Waals surface area contributed by atoms with Gasteiger partial charge in [0.05, 0.1) is 18.8 Å². The minimum atomic E-state index is -0.528. The van der Waals surface area contributed by atoms with E-state index in [0.717, 1.165) is 31.2 Å². The fourth-order valence-corrected chi connectivity index (χ4v) is 3.77. The summed E-state index contributed by atoms with van der Waals surface area (Å²) in [5, 5.41) is 3.24. The van der Waals surface area contributed by atoms with E-state index in [-0.39, 0.29) is 5.97 Å². The van der Waals surface area contributed by atoms with Gasteiger partial charge in [-0.25, -0.2) is 9.59 Å². The number of hydrogen-bond donors (Lipinski definition) is 1. The fourth-order valence-electron chi connectivity index (χ4n) is 2.51. The predicted octanol–water partition coefficient (Wildman–Crippen LogP) is 3.76. The summed E-state index contributed by atoms with van der Waals surface area (Å²) in [6.45, 7) is 4.14. The van der Waals surface area contributed by atoms with E-state index in [1.807, 2.05) is 0 Å². The molecule has 0 spiro atoms. The van der Waals surface area contributed by atoms with Crippen molar-refractivity contribution in [3.63, 3.8) is 0 Å². The third kappa shape index (κ3) is 3.75. The summed E-state index contributed by atoms with van der Waals surface area (Å²) in [7, 11) is 0. The summed E-state index contributed by atoms with van der Waals surface area (Å²) in [6, 6.07) is 0. The van der Waals surface area contributed by atoms with Crippen molar-refractivity contribution < 1.29 is 19.1 Å². The molecule has 0 saturated heterocycles. The molecule has 21 heavy (non-hydrogen) atoms. The largest absolute Gasteiger partial charge is 0.462 e. The lowest BCUT2D eigenvalue weighted by molar-refractivity contribution is 0.0527. The first-order chi connectivity index (χ1) is 10.2. The van der Waals surface area contributed by atoms with Crippen LogP contribution in [0.4, 0.5) is 9.80 Å². The van der Waals surface area contributed by atoms with Crippen LogP contribution in [0, 0.1) is 0 Å². The van der Waals surface area contributed by atoms with Crippen molar-refractivity contribution in [3.05, 3.63) is 16.0 Å². The Balaban J connectivity index is 2.34. The number of hydrogen-bond acceptors (Lipinski definition) is 5. The number of carbonyl (C=O) groups excluding carboxylic acids is 2. The molecule has 0 aromatic carbocycles. The van der Waals surface area contributed by atoms with Gasteiger partial charge in [0, 0.05) is 4.88 Å². The number of carbonyl (C=O) groups is 2. The van der Waals surface area contributed by atoms with Gasteiger partial charge in [0.2, 0.25) is 0 Å². The van der Waals surface area contributed by atoms with Crippen molar-refractivity contribution in [1.29, 1.82) is 0 Å². The first-order valence-electron chi connectivity index (χ1n) is 7.42. The Labute approximate surface area is 128 Å². The van der Waals surface area contributed by atoms with Crippen molar-refractivity contribution in [1.82, 2.24) is 0 Å². The number of nitrogens with one attached hydrogen (secondary N) is 1. The summed E-state index contributed by atoms with van der Waals surface area (Å²) in [5.74, 6) is -0.358. The Bertz CT molecular complexity index is 524. The van der Waals surface area contributed by atoms with Crippen molar-refractivity contribution in [2.45, 2.75) is 46.0 Å². The number of thiophene rings is 1. The lowest BCUT2D eigenvalue weighted by Crippen LogP contribution is -2.16. The second-order valence-corrected chi connectivity index (χ2v) is 5.94. The van der Waals surface area contributed by atoms with Gasteiger partial charge in [-0.2, -0.15) is 0 Å². The first-order valence-corrected chi connectivity index (χ1v) is 8.24.